The molecule has 0 fully saturated rings. The fourth-order valence-corrected chi connectivity index (χ4v) is 4.23. The van der Waals surface area contributed by atoms with Gasteiger partial charge < -0.3 is 14.8 Å². The Labute approximate surface area is 223 Å². The molecule has 0 aliphatic rings. The van der Waals surface area contributed by atoms with Gasteiger partial charge in [-0.05, 0) is 71.3 Å². The van der Waals surface area contributed by atoms with Crippen LogP contribution in [0.15, 0.2) is 88.9 Å². The topological polar surface area (TPSA) is 71.3 Å². The molecule has 4 aromatic carbocycles. The molecule has 0 spiro atoms. The number of nitriles is 1. The number of rotatable bonds is 8. The maximum absolute atomic E-state index is 12.7. The third kappa shape index (κ3) is 6.25. The van der Waals surface area contributed by atoms with Crippen molar-refractivity contribution in [1.29, 1.82) is 5.26 Å². The lowest BCUT2D eigenvalue weighted by molar-refractivity contribution is -0.112. The summed E-state index contributed by atoms with van der Waals surface area (Å²) in [5.74, 6) is 0.525. The Kier molecular flexibility index (Phi) is 8.27. The van der Waals surface area contributed by atoms with Crippen LogP contribution in [0.4, 0.5) is 5.69 Å². The normalized spacial score (nSPS) is 11.1. The first-order valence-corrected chi connectivity index (χ1v) is 12.4. The summed E-state index contributed by atoms with van der Waals surface area (Å²) in [6, 6.07) is 26.6. The molecule has 0 radical (unpaired) electrons. The molecule has 0 saturated heterocycles. The molecule has 4 aromatic rings. The number of ether oxygens (including phenoxy) is 2. The van der Waals surface area contributed by atoms with Gasteiger partial charge in [-0.1, -0.05) is 70.0 Å². The van der Waals surface area contributed by atoms with Crippen molar-refractivity contribution < 1.29 is 14.3 Å². The molecule has 180 valence electrons. The summed E-state index contributed by atoms with van der Waals surface area (Å²) in [6.07, 6.45) is 1.50. The van der Waals surface area contributed by atoms with Crippen LogP contribution in [-0.4, -0.2) is 12.5 Å². The first-order valence-electron chi connectivity index (χ1n) is 11.2. The second-order valence-electron chi connectivity index (χ2n) is 7.86. The second-order valence-corrected chi connectivity index (χ2v) is 9.15. The first-order chi connectivity index (χ1) is 17.5. The number of hydrogen-bond donors (Lipinski definition) is 1. The molecule has 0 unspecified atom stereocenters. The first kappa shape index (κ1) is 25.3. The van der Waals surface area contributed by atoms with E-state index in [-0.39, 0.29) is 5.57 Å². The van der Waals surface area contributed by atoms with Crippen molar-refractivity contribution in [2.75, 3.05) is 11.9 Å². The van der Waals surface area contributed by atoms with E-state index < -0.39 is 5.91 Å². The summed E-state index contributed by atoms with van der Waals surface area (Å²) >= 11 is 9.52. The zero-order valence-electron chi connectivity index (χ0n) is 19.4. The van der Waals surface area contributed by atoms with Crippen LogP contribution in [-0.2, 0) is 11.4 Å². The van der Waals surface area contributed by atoms with Gasteiger partial charge >= 0.3 is 0 Å². The van der Waals surface area contributed by atoms with Crippen LogP contribution in [0.1, 0.15) is 18.1 Å². The third-order valence-corrected chi connectivity index (χ3v) is 6.24. The van der Waals surface area contributed by atoms with Gasteiger partial charge in [-0.2, -0.15) is 5.26 Å². The number of nitrogens with one attached hydrogen (secondary N) is 1. The van der Waals surface area contributed by atoms with E-state index in [1.807, 2.05) is 31.2 Å². The highest BCUT2D eigenvalue weighted by Gasteiger charge is 2.15. The summed E-state index contributed by atoms with van der Waals surface area (Å²) < 4.78 is 12.6. The average Bonchev–Trinajstić information content (AvgIpc) is 2.87. The van der Waals surface area contributed by atoms with Crippen LogP contribution in [0.25, 0.3) is 16.8 Å². The van der Waals surface area contributed by atoms with Gasteiger partial charge in [0.1, 0.15) is 18.2 Å². The largest absolute Gasteiger partial charge is 0.490 e. The van der Waals surface area contributed by atoms with Crippen LogP contribution in [0.3, 0.4) is 0 Å². The maximum atomic E-state index is 12.7. The Bertz CT molecular complexity index is 1490. The van der Waals surface area contributed by atoms with E-state index in [1.54, 1.807) is 36.4 Å². The van der Waals surface area contributed by atoms with Gasteiger partial charge in [0, 0.05) is 15.2 Å². The highest BCUT2D eigenvalue weighted by Crippen LogP contribution is 2.35. The number of fused-ring (bicyclic) bond motifs is 1. The van der Waals surface area contributed by atoms with E-state index in [0.717, 1.165) is 10.9 Å². The molecular formula is C29H22BrClN2O3. The van der Waals surface area contributed by atoms with Crippen LogP contribution < -0.4 is 14.8 Å². The summed E-state index contributed by atoms with van der Waals surface area (Å²) in [6.45, 7) is 2.67. The number of benzene rings is 4. The van der Waals surface area contributed by atoms with Crippen molar-refractivity contribution >= 4 is 56.0 Å². The van der Waals surface area contributed by atoms with Gasteiger partial charge in [0.2, 0.25) is 0 Å². The third-order valence-electron chi connectivity index (χ3n) is 5.32. The predicted molar refractivity (Wildman–Crippen MR) is 147 cm³/mol. The summed E-state index contributed by atoms with van der Waals surface area (Å²) in [7, 11) is 0. The van der Waals surface area contributed by atoms with Crippen LogP contribution >= 0.6 is 27.5 Å². The van der Waals surface area contributed by atoms with Gasteiger partial charge in [0.05, 0.1) is 6.61 Å². The molecule has 1 amide bonds. The number of hydrogen-bond acceptors (Lipinski definition) is 4. The lowest BCUT2D eigenvalue weighted by Gasteiger charge is -2.14. The van der Waals surface area contributed by atoms with Gasteiger partial charge in [-0.3, -0.25) is 4.79 Å². The Morgan fingerprint density at radius 2 is 1.78 bits per heavy atom. The molecule has 7 heteroatoms. The van der Waals surface area contributed by atoms with Crippen LogP contribution in [0.5, 0.6) is 11.5 Å². The van der Waals surface area contributed by atoms with Crippen molar-refractivity contribution in [3.05, 3.63) is 105 Å². The fraction of sp³-hybridized carbons (Fsp3) is 0.103. The van der Waals surface area contributed by atoms with E-state index in [0.29, 0.717) is 45.5 Å². The molecule has 0 atom stereocenters. The Morgan fingerprint density at radius 3 is 2.53 bits per heavy atom. The Hall–Kier alpha value is -3.79. The number of anilines is 1. The molecule has 0 aliphatic heterocycles. The zero-order valence-corrected chi connectivity index (χ0v) is 21.8. The van der Waals surface area contributed by atoms with Crippen molar-refractivity contribution in [1.82, 2.24) is 0 Å². The molecule has 5 nitrogen and oxygen atoms in total. The van der Waals surface area contributed by atoms with E-state index in [4.69, 9.17) is 21.1 Å². The van der Waals surface area contributed by atoms with Gasteiger partial charge in [-0.25, -0.2) is 0 Å². The Morgan fingerprint density at radius 1 is 1.00 bits per heavy atom. The minimum absolute atomic E-state index is 0.0667. The minimum Gasteiger partial charge on any atom is -0.490 e. The van der Waals surface area contributed by atoms with Gasteiger partial charge in [0.15, 0.2) is 11.5 Å². The molecule has 0 aliphatic carbocycles. The predicted octanol–water partition coefficient (Wildman–Crippen LogP) is 7.78. The summed E-state index contributed by atoms with van der Waals surface area (Å²) in [5, 5.41) is 15.1. The molecular weight excluding hydrogens is 540 g/mol. The maximum Gasteiger partial charge on any atom is 0.266 e. The highest BCUT2D eigenvalue weighted by molar-refractivity contribution is 9.10. The highest BCUT2D eigenvalue weighted by atomic mass is 79.9. The minimum atomic E-state index is -0.541. The Balaban J connectivity index is 1.56. The molecule has 0 saturated carbocycles. The van der Waals surface area contributed by atoms with Gasteiger partial charge in [-0.15, -0.1) is 0 Å². The molecule has 1 N–H and O–H groups in total. The fourth-order valence-electron chi connectivity index (χ4n) is 3.60. The number of halogens is 2. The molecule has 36 heavy (non-hydrogen) atoms. The second kappa shape index (κ2) is 11.8. The number of nitrogens with zero attached hydrogens (tertiary/aromatic N) is 1. The number of carbonyl (C=O) groups excluding carboxylic acids is 1. The zero-order chi connectivity index (χ0) is 25.5. The lowest BCUT2D eigenvalue weighted by Crippen LogP contribution is -2.13. The summed E-state index contributed by atoms with van der Waals surface area (Å²) in [4.78, 5) is 12.7. The number of carbonyl (C=O) groups is 1. The molecule has 0 bridgehead atoms. The summed E-state index contributed by atoms with van der Waals surface area (Å²) in [5.41, 5.74) is 2.07. The monoisotopic (exact) mass is 560 g/mol. The molecule has 4 rings (SSSR count). The lowest BCUT2D eigenvalue weighted by atomic mass is 10.1. The van der Waals surface area contributed by atoms with Crippen molar-refractivity contribution in [2.24, 2.45) is 0 Å². The van der Waals surface area contributed by atoms with E-state index in [1.165, 1.54) is 11.5 Å². The van der Waals surface area contributed by atoms with Crippen LogP contribution in [0, 0.1) is 11.3 Å². The van der Waals surface area contributed by atoms with Crippen molar-refractivity contribution in [2.45, 2.75) is 13.5 Å². The smallest absolute Gasteiger partial charge is 0.266 e. The molecule has 0 aromatic heterocycles. The van der Waals surface area contributed by atoms with Gasteiger partial charge in [0.25, 0.3) is 5.91 Å². The van der Waals surface area contributed by atoms with E-state index in [2.05, 4.69) is 45.5 Å². The van der Waals surface area contributed by atoms with Crippen LogP contribution in [0.2, 0.25) is 5.02 Å². The SMILES string of the molecule is CCOc1cc(/C=C(\C#N)C(=O)Nc2cccc(Cl)c2)c(Br)cc1OCc1ccc2ccccc2c1. The number of amides is 1. The van der Waals surface area contributed by atoms with Crippen molar-refractivity contribution in [3.8, 4) is 17.6 Å². The van der Waals surface area contributed by atoms with E-state index >= 15 is 0 Å². The average molecular weight is 562 g/mol. The molecule has 0 heterocycles. The standard InChI is InChI=1S/C29H22BrClN2O3/c1-2-35-27-14-22(13-23(17-32)29(34)33-25-9-5-8-24(31)15-25)26(30)16-28(27)36-18-19-10-11-20-6-3-4-7-21(20)12-19/h3-16H,2,18H2,1H3,(H,33,34)/b23-13+. The van der Waals surface area contributed by atoms with E-state index in [9.17, 15) is 10.1 Å². The quantitative estimate of drug-likeness (QED) is 0.176. The van der Waals surface area contributed by atoms with Crippen molar-refractivity contribution in [3.63, 3.8) is 0 Å².